The molecule has 94 valence electrons. The molecule has 0 aliphatic rings. The van der Waals surface area contributed by atoms with Crippen molar-refractivity contribution in [2.24, 2.45) is 0 Å². The lowest BCUT2D eigenvalue weighted by molar-refractivity contribution is -0.131. The Hall–Kier alpha value is -0.830. The number of rotatable bonds is 5. The van der Waals surface area contributed by atoms with Crippen molar-refractivity contribution < 1.29 is 4.79 Å². The maximum Gasteiger partial charge on any atom is 0.229 e. The summed E-state index contributed by atoms with van der Waals surface area (Å²) in [7, 11) is 1.87. The van der Waals surface area contributed by atoms with E-state index < -0.39 is 0 Å². The fourth-order valence-corrected chi connectivity index (χ4v) is 1.90. The average molecular weight is 298 g/mol. The molecule has 0 aliphatic heterocycles. The SMILES string of the molecule is CC(Br)CCN(C)C(=O)C(C)c1ccccc1. The Morgan fingerprint density at radius 3 is 2.41 bits per heavy atom. The van der Waals surface area contributed by atoms with E-state index in [1.54, 1.807) is 0 Å². The second kappa shape index (κ2) is 6.80. The van der Waals surface area contributed by atoms with Crippen molar-refractivity contribution in [3.8, 4) is 0 Å². The molecule has 0 aromatic heterocycles. The molecule has 0 bridgehead atoms. The Kier molecular flexibility index (Phi) is 5.69. The van der Waals surface area contributed by atoms with Gasteiger partial charge in [0.05, 0.1) is 5.92 Å². The van der Waals surface area contributed by atoms with Gasteiger partial charge in [0, 0.05) is 18.4 Å². The van der Waals surface area contributed by atoms with E-state index in [9.17, 15) is 4.79 Å². The largest absolute Gasteiger partial charge is 0.345 e. The molecule has 2 atom stereocenters. The summed E-state index contributed by atoms with van der Waals surface area (Å²) in [5, 5.41) is 0. The predicted molar refractivity (Wildman–Crippen MR) is 75.5 cm³/mol. The fraction of sp³-hybridized carbons (Fsp3) is 0.500. The van der Waals surface area contributed by atoms with Gasteiger partial charge in [0.2, 0.25) is 5.91 Å². The molecule has 0 heterocycles. The second-order valence-electron chi connectivity index (χ2n) is 4.46. The van der Waals surface area contributed by atoms with Crippen molar-refractivity contribution in [1.29, 1.82) is 0 Å². The number of nitrogens with zero attached hydrogens (tertiary/aromatic N) is 1. The first-order chi connectivity index (χ1) is 8.02. The molecule has 0 fully saturated rings. The number of carbonyl (C=O) groups is 1. The zero-order chi connectivity index (χ0) is 12.8. The van der Waals surface area contributed by atoms with Crippen molar-refractivity contribution in [2.45, 2.75) is 31.0 Å². The van der Waals surface area contributed by atoms with E-state index in [1.165, 1.54) is 0 Å². The predicted octanol–water partition coefficient (Wildman–Crippen LogP) is 3.42. The van der Waals surface area contributed by atoms with Crippen molar-refractivity contribution in [3.05, 3.63) is 35.9 Å². The van der Waals surface area contributed by atoms with Crippen LogP contribution in [-0.4, -0.2) is 29.2 Å². The molecule has 0 saturated carbocycles. The van der Waals surface area contributed by atoms with Crippen LogP contribution in [0.1, 0.15) is 31.7 Å². The van der Waals surface area contributed by atoms with Gasteiger partial charge in [0.1, 0.15) is 0 Å². The van der Waals surface area contributed by atoms with Crippen LogP contribution in [0.5, 0.6) is 0 Å². The summed E-state index contributed by atoms with van der Waals surface area (Å²) in [5.74, 6) is 0.121. The van der Waals surface area contributed by atoms with E-state index in [0.717, 1.165) is 18.5 Å². The summed E-state index contributed by atoms with van der Waals surface area (Å²) >= 11 is 3.50. The van der Waals surface area contributed by atoms with Gasteiger partial charge in [-0.15, -0.1) is 0 Å². The number of alkyl halides is 1. The van der Waals surface area contributed by atoms with Crippen LogP contribution in [0.4, 0.5) is 0 Å². The van der Waals surface area contributed by atoms with Crippen LogP contribution in [-0.2, 0) is 4.79 Å². The smallest absolute Gasteiger partial charge is 0.229 e. The molecule has 0 aliphatic carbocycles. The first-order valence-electron chi connectivity index (χ1n) is 5.96. The zero-order valence-corrected chi connectivity index (χ0v) is 12.3. The highest BCUT2D eigenvalue weighted by molar-refractivity contribution is 9.09. The maximum atomic E-state index is 12.2. The standard InChI is InChI=1S/C14H20BrNO/c1-11(15)9-10-16(3)14(17)12(2)13-7-5-4-6-8-13/h4-8,11-12H,9-10H2,1-3H3. The summed E-state index contributed by atoms with van der Waals surface area (Å²) in [6, 6.07) is 9.92. The van der Waals surface area contributed by atoms with Crippen molar-refractivity contribution >= 4 is 21.8 Å². The molecule has 1 amide bonds. The summed E-state index contributed by atoms with van der Waals surface area (Å²) in [5.41, 5.74) is 1.08. The minimum absolute atomic E-state index is 0.0631. The molecule has 3 heteroatoms. The third-order valence-corrected chi connectivity index (χ3v) is 3.37. The van der Waals surface area contributed by atoms with Gasteiger partial charge in [0.15, 0.2) is 0 Å². The molecule has 17 heavy (non-hydrogen) atoms. The highest BCUT2D eigenvalue weighted by atomic mass is 79.9. The van der Waals surface area contributed by atoms with Crippen LogP contribution in [0.15, 0.2) is 30.3 Å². The summed E-state index contributed by atoms with van der Waals surface area (Å²) in [6.07, 6.45) is 0.976. The molecule has 1 aromatic rings. The van der Waals surface area contributed by atoms with Crippen molar-refractivity contribution in [3.63, 3.8) is 0 Å². The second-order valence-corrected chi connectivity index (χ2v) is 6.02. The lowest BCUT2D eigenvalue weighted by atomic mass is 10.00. The van der Waals surface area contributed by atoms with Gasteiger partial charge in [-0.25, -0.2) is 0 Å². The summed E-state index contributed by atoms with van der Waals surface area (Å²) in [6.45, 7) is 4.85. The van der Waals surface area contributed by atoms with Gasteiger partial charge in [-0.3, -0.25) is 4.79 Å². The Morgan fingerprint density at radius 2 is 1.88 bits per heavy atom. The average Bonchev–Trinajstić information content (AvgIpc) is 2.35. The highest BCUT2D eigenvalue weighted by Crippen LogP contribution is 2.17. The van der Waals surface area contributed by atoms with E-state index in [2.05, 4.69) is 22.9 Å². The quantitative estimate of drug-likeness (QED) is 0.763. The lowest BCUT2D eigenvalue weighted by Gasteiger charge is -2.22. The van der Waals surface area contributed by atoms with Crippen LogP contribution < -0.4 is 0 Å². The number of likely N-dealkylation sites (N-methyl/N-ethyl adjacent to an activating group) is 1. The molecule has 2 unspecified atom stereocenters. The van der Waals surface area contributed by atoms with Crippen LogP contribution in [0.3, 0.4) is 0 Å². The van der Waals surface area contributed by atoms with Crippen LogP contribution in [0.25, 0.3) is 0 Å². The van der Waals surface area contributed by atoms with Crippen LogP contribution >= 0.6 is 15.9 Å². The van der Waals surface area contributed by atoms with Gasteiger partial charge < -0.3 is 4.90 Å². The molecule has 0 spiro atoms. The van der Waals surface area contributed by atoms with E-state index in [0.29, 0.717) is 4.83 Å². The molecule has 0 radical (unpaired) electrons. The molecule has 1 aromatic carbocycles. The van der Waals surface area contributed by atoms with E-state index >= 15 is 0 Å². The highest BCUT2D eigenvalue weighted by Gasteiger charge is 2.18. The Labute approximate surface area is 112 Å². The molecule has 0 saturated heterocycles. The van der Waals surface area contributed by atoms with Gasteiger partial charge in [0.25, 0.3) is 0 Å². The number of hydrogen-bond donors (Lipinski definition) is 0. The van der Waals surface area contributed by atoms with Gasteiger partial charge >= 0.3 is 0 Å². The summed E-state index contributed by atoms with van der Waals surface area (Å²) < 4.78 is 0. The Balaban J connectivity index is 2.57. The van der Waals surface area contributed by atoms with Crippen LogP contribution in [0, 0.1) is 0 Å². The van der Waals surface area contributed by atoms with Gasteiger partial charge in [-0.05, 0) is 18.9 Å². The first kappa shape index (κ1) is 14.2. The lowest BCUT2D eigenvalue weighted by Crippen LogP contribution is -2.32. The minimum atomic E-state index is -0.0631. The van der Waals surface area contributed by atoms with E-state index in [4.69, 9.17) is 0 Å². The number of benzene rings is 1. The third kappa shape index (κ3) is 4.50. The number of carbonyl (C=O) groups excluding carboxylic acids is 1. The summed E-state index contributed by atoms with van der Waals surface area (Å²) in [4.78, 5) is 14.4. The topological polar surface area (TPSA) is 20.3 Å². The first-order valence-corrected chi connectivity index (χ1v) is 6.88. The molecular weight excluding hydrogens is 278 g/mol. The zero-order valence-electron chi connectivity index (χ0n) is 10.7. The van der Waals surface area contributed by atoms with Gasteiger partial charge in [-0.2, -0.15) is 0 Å². The molecule has 0 N–H and O–H groups in total. The van der Waals surface area contributed by atoms with E-state index in [-0.39, 0.29) is 11.8 Å². The monoisotopic (exact) mass is 297 g/mol. The molecule has 2 nitrogen and oxygen atoms in total. The molecule has 1 rings (SSSR count). The van der Waals surface area contributed by atoms with Crippen LogP contribution in [0.2, 0.25) is 0 Å². The van der Waals surface area contributed by atoms with E-state index in [1.807, 2.05) is 49.2 Å². The Bertz CT molecular complexity index is 350. The number of amides is 1. The molecular formula is C14H20BrNO. The van der Waals surface area contributed by atoms with Gasteiger partial charge in [-0.1, -0.05) is 53.2 Å². The third-order valence-electron chi connectivity index (χ3n) is 2.91. The number of halogens is 1. The van der Waals surface area contributed by atoms with Crippen molar-refractivity contribution in [2.75, 3.05) is 13.6 Å². The maximum absolute atomic E-state index is 12.2. The number of hydrogen-bond acceptors (Lipinski definition) is 1. The normalized spacial score (nSPS) is 14.1. The minimum Gasteiger partial charge on any atom is -0.345 e. The Morgan fingerprint density at radius 1 is 1.29 bits per heavy atom. The fourth-order valence-electron chi connectivity index (χ4n) is 1.70. The van der Waals surface area contributed by atoms with Crippen molar-refractivity contribution in [1.82, 2.24) is 4.90 Å².